The molecule has 3 heteroatoms. The van der Waals surface area contributed by atoms with E-state index in [4.69, 9.17) is 0 Å². The van der Waals surface area contributed by atoms with E-state index in [0.29, 0.717) is 0 Å². The number of benzene rings is 1. The average molecular weight is 255 g/mol. The van der Waals surface area contributed by atoms with Gasteiger partial charge < -0.3 is 4.57 Å². The Bertz CT molecular complexity index is 667. The van der Waals surface area contributed by atoms with Crippen molar-refractivity contribution in [2.45, 2.75) is 13.0 Å². The minimum absolute atomic E-state index is 0.735. The van der Waals surface area contributed by atoms with Crippen LogP contribution in [0.5, 0.6) is 0 Å². The Balaban J connectivity index is 1.86. The molecule has 2 heterocycles. The maximum absolute atomic E-state index is 10.7. The summed E-state index contributed by atoms with van der Waals surface area (Å²) in [5.74, 6) is 0. The van der Waals surface area contributed by atoms with Crippen LogP contribution in [0.3, 0.4) is 0 Å². The van der Waals surface area contributed by atoms with Crippen LogP contribution in [0.15, 0.2) is 48.0 Å². The van der Waals surface area contributed by atoms with Gasteiger partial charge in [0.05, 0.1) is 0 Å². The molecular formula is C15H13NOS. The summed E-state index contributed by atoms with van der Waals surface area (Å²) in [6, 6.07) is 12.1. The molecule has 0 aliphatic carbocycles. The number of nitrogens with zero attached hydrogens (tertiary/aromatic N) is 1. The molecule has 0 saturated heterocycles. The second-order valence-corrected chi connectivity index (χ2v) is 5.31. The van der Waals surface area contributed by atoms with Gasteiger partial charge in [-0.2, -0.15) is 0 Å². The zero-order valence-corrected chi connectivity index (χ0v) is 10.7. The van der Waals surface area contributed by atoms with Crippen molar-refractivity contribution in [3.8, 4) is 0 Å². The third-order valence-corrected chi connectivity index (χ3v) is 4.05. The van der Waals surface area contributed by atoms with E-state index in [1.807, 2.05) is 18.2 Å². The quantitative estimate of drug-likeness (QED) is 0.651. The highest BCUT2D eigenvalue weighted by atomic mass is 32.1. The van der Waals surface area contributed by atoms with E-state index in [1.165, 1.54) is 10.4 Å². The second kappa shape index (κ2) is 4.78. The Labute approximate surface area is 109 Å². The molecule has 2 aromatic heterocycles. The van der Waals surface area contributed by atoms with Gasteiger partial charge in [0.1, 0.15) is 6.29 Å². The molecule has 3 rings (SSSR count). The van der Waals surface area contributed by atoms with Crippen LogP contribution in [0.2, 0.25) is 0 Å². The summed E-state index contributed by atoms with van der Waals surface area (Å²) in [5.41, 5.74) is 1.93. The standard InChI is InChI=1S/C15H13NOS/c17-11-12-3-4-15-13(10-12)5-7-16(15)8-6-14-2-1-9-18-14/h1-5,7,9-11H,6,8H2. The number of carbonyl (C=O) groups is 1. The Kier molecular flexibility index (Phi) is 2.99. The molecule has 1 aromatic carbocycles. The molecule has 0 amide bonds. The fourth-order valence-corrected chi connectivity index (χ4v) is 2.87. The smallest absolute Gasteiger partial charge is 0.150 e. The predicted molar refractivity (Wildman–Crippen MR) is 75.3 cm³/mol. The third kappa shape index (κ3) is 2.09. The van der Waals surface area contributed by atoms with Crippen LogP contribution in [-0.2, 0) is 13.0 Å². The van der Waals surface area contributed by atoms with Gasteiger partial charge in [-0.3, -0.25) is 4.79 Å². The van der Waals surface area contributed by atoms with Gasteiger partial charge in [0, 0.05) is 34.1 Å². The summed E-state index contributed by atoms with van der Waals surface area (Å²) in [6.45, 7) is 0.977. The Morgan fingerprint density at radius 3 is 2.94 bits per heavy atom. The monoisotopic (exact) mass is 255 g/mol. The first-order chi connectivity index (χ1) is 8.86. The molecule has 90 valence electrons. The number of aryl methyl sites for hydroxylation is 2. The normalized spacial score (nSPS) is 10.9. The molecule has 0 atom stereocenters. The minimum atomic E-state index is 0.735. The van der Waals surface area contributed by atoms with Gasteiger partial charge in [-0.25, -0.2) is 0 Å². The van der Waals surface area contributed by atoms with E-state index in [1.54, 1.807) is 11.3 Å². The first kappa shape index (κ1) is 11.2. The predicted octanol–water partition coefficient (Wildman–Crippen LogP) is 3.76. The van der Waals surface area contributed by atoms with Crippen molar-refractivity contribution < 1.29 is 4.79 Å². The second-order valence-electron chi connectivity index (χ2n) is 4.27. The van der Waals surface area contributed by atoms with Crippen molar-refractivity contribution in [1.29, 1.82) is 0 Å². The fourth-order valence-electron chi connectivity index (χ4n) is 2.17. The molecule has 3 aromatic rings. The molecular weight excluding hydrogens is 242 g/mol. The zero-order chi connectivity index (χ0) is 12.4. The first-order valence-corrected chi connectivity index (χ1v) is 6.81. The van der Waals surface area contributed by atoms with Crippen LogP contribution in [-0.4, -0.2) is 10.9 Å². The molecule has 0 unspecified atom stereocenters. The van der Waals surface area contributed by atoms with Crippen molar-refractivity contribution in [2.75, 3.05) is 0 Å². The molecule has 0 fully saturated rings. The summed E-state index contributed by atoms with van der Waals surface area (Å²) in [6.07, 6.45) is 4.03. The van der Waals surface area contributed by atoms with Crippen molar-refractivity contribution in [2.24, 2.45) is 0 Å². The van der Waals surface area contributed by atoms with Gasteiger partial charge in [0.25, 0.3) is 0 Å². The summed E-state index contributed by atoms with van der Waals surface area (Å²) in [4.78, 5) is 12.1. The SMILES string of the molecule is O=Cc1ccc2c(ccn2CCc2cccs2)c1. The first-order valence-electron chi connectivity index (χ1n) is 5.93. The van der Waals surface area contributed by atoms with Crippen LogP contribution in [0.25, 0.3) is 10.9 Å². The van der Waals surface area contributed by atoms with Crippen molar-refractivity contribution >= 4 is 28.5 Å². The third-order valence-electron chi connectivity index (χ3n) is 3.11. The highest BCUT2D eigenvalue weighted by Gasteiger charge is 2.02. The van der Waals surface area contributed by atoms with Gasteiger partial charge >= 0.3 is 0 Å². The van der Waals surface area contributed by atoms with E-state index in [9.17, 15) is 4.79 Å². The van der Waals surface area contributed by atoms with E-state index < -0.39 is 0 Å². The fraction of sp³-hybridized carbons (Fsp3) is 0.133. The van der Waals surface area contributed by atoms with Crippen LogP contribution >= 0.6 is 11.3 Å². The highest BCUT2D eigenvalue weighted by Crippen LogP contribution is 2.18. The summed E-state index contributed by atoms with van der Waals surface area (Å²) in [7, 11) is 0. The largest absolute Gasteiger partial charge is 0.347 e. The number of rotatable bonds is 4. The Morgan fingerprint density at radius 2 is 2.17 bits per heavy atom. The van der Waals surface area contributed by atoms with Gasteiger partial charge in [-0.05, 0) is 42.1 Å². The highest BCUT2D eigenvalue weighted by molar-refractivity contribution is 7.09. The summed E-state index contributed by atoms with van der Waals surface area (Å²) in [5, 5.41) is 3.24. The zero-order valence-electron chi connectivity index (χ0n) is 9.87. The lowest BCUT2D eigenvalue weighted by Crippen LogP contribution is -1.98. The number of hydrogen-bond acceptors (Lipinski definition) is 2. The number of fused-ring (bicyclic) bond motifs is 1. The van der Waals surface area contributed by atoms with Crippen molar-refractivity contribution in [1.82, 2.24) is 4.57 Å². The van der Waals surface area contributed by atoms with Crippen LogP contribution in [0, 0.1) is 0 Å². The lowest BCUT2D eigenvalue weighted by Gasteiger charge is -2.04. The molecule has 18 heavy (non-hydrogen) atoms. The van der Waals surface area contributed by atoms with Crippen LogP contribution in [0.4, 0.5) is 0 Å². The van der Waals surface area contributed by atoms with Crippen LogP contribution < -0.4 is 0 Å². The maximum Gasteiger partial charge on any atom is 0.150 e. The molecule has 0 aliphatic heterocycles. The number of aromatic nitrogens is 1. The number of carbonyl (C=O) groups excluding carboxylic acids is 1. The topological polar surface area (TPSA) is 22.0 Å². The summed E-state index contributed by atoms with van der Waals surface area (Å²) < 4.78 is 2.24. The molecule has 0 saturated carbocycles. The van der Waals surface area contributed by atoms with E-state index in [0.717, 1.165) is 30.2 Å². The Hall–Kier alpha value is -1.87. The minimum Gasteiger partial charge on any atom is -0.347 e. The van der Waals surface area contributed by atoms with Gasteiger partial charge in [0.2, 0.25) is 0 Å². The number of thiophene rings is 1. The lowest BCUT2D eigenvalue weighted by molar-refractivity contribution is 0.112. The Morgan fingerprint density at radius 1 is 1.22 bits per heavy atom. The molecule has 0 aliphatic rings. The van der Waals surface area contributed by atoms with Crippen molar-refractivity contribution in [3.63, 3.8) is 0 Å². The molecule has 0 N–H and O–H groups in total. The average Bonchev–Trinajstić information content (AvgIpc) is 3.05. The molecule has 0 spiro atoms. The summed E-state index contributed by atoms with van der Waals surface area (Å²) >= 11 is 1.80. The lowest BCUT2D eigenvalue weighted by atomic mass is 10.2. The van der Waals surface area contributed by atoms with E-state index in [2.05, 4.69) is 34.3 Å². The maximum atomic E-state index is 10.7. The van der Waals surface area contributed by atoms with Gasteiger partial charge in [-0.1, -0.05) is 6.07 Å². The van der Waals surface area contributed by atoms with Crippen LogP contribution in [0.1, 0.15) is 15.2 Å². The van der Waals surface area contributed by atoms with E-state index in [-0.39, 0.29) is 0 Å². The number of aldehydes is 1. The molecule has 0 bridgehead atoms. The van der Waals surface area contributed by atoms with Gasteiger partial charge in [-0.15, -0.1) is 11.3 Å². The van der Waals surface area contributed by atoms with Crippen molar-refractivity contribution in [3.05, 3.63) is 58.4 Å². The molecule has 0 radical (unpaired) electrons. The van der Waals surface area contributed by atoms with Gasteiger partial charge in [0.15, 0.2) is 0 Å². The number of hydrogen-bond donors (Lipinski definition) is 0. The van der Waals surface area contributed by atoms with E-state index >= 15 is 0 Å². The molecule has 2 nitrogen and oxygen atoms in total.